The molecule has 6 heteroatoms. The van der Waals surface area contributed by atoms with Crippen LogP contribution in [0.2, 0.25) is 0 Å². The Balaban J connectivity index is 1.63. The van der Waals surface area contributed by atoms with Gasteiger partial charge in [0.05, 0.1) is 29.5 Å². The number of ether oxygens (including phenoxy) is 1. The molecule has 0 radical (unpaired) electrons. The Kier molecular flexibility index (Phi) is 4.39. The second kappa shape index (κ2) is 6.95. The highest BCUT2D eigenvalue weighted by molar-refractivity contribution is 7.99. The molecule has 3 aromatic rings. The molecule has 3 aromatic carbocycles. The van der Waals surface area contributed by atoms with Crippen molar-refractivity contribution in [1.29, 1.82) is 0 Å². The van der Waals surface area contributed by atoms with Crippen molar-refractivity contribution in [2.24, 2.45) is 10.9 Å². The summed E-state index contributed by atoms with van der Waals surface area (Å²) in [5, 5.41) is -0.104. The Morgan fingerprint density at radius 3 is 2.41 bits per heavy atom. The fourth-order valence-corrected chi connectivity index (χ4v) is 5.13. The first kappa shape index (κ1) is 18.3. The van der Waals surface area contributed by atoms with Gasteiger partial charge in [-0.2, -0.15) is 13.2 Å². The minimum Gasteiger partial charge on any atom is -0.492 e. The van der Waals surface area contributed by atoms with Gasteiger partial charge in [-0.1, -0.05) is 36.4 Å². The molecule has 2 aliphatic heterocycles. The molecular weight excluding hydrogens is 395 g/mol. The molecule has 0 aliphatic carbocycles. The van der Waals surface area contributed by atoms with Gasteiger partial charge in [0.1, 0.15) is 5.75 Å². The first-order valence-corrected chi connectivity index (χ1v) is 10.1. The molecule has 0 spiro atoms. The third kappa shape index (κ3) is 3.31. The quantitative estimate of drug-likeness (QED) is 0.445. The molecule has 0 saturated carbocycles. The molecule has 2 aliphatic rings. The van der Waals surface area contributed by atoms with Crippen molar-refractivity contribution in [3.8, 4) is 5.75 Å². The number of alkyl halides is 3. The van der Waals surface area contributed by atoms with Crippen molar-refractivity contribution in [2.75, 3.05) is 6.61 Å². The number of nitrogens with zero attached hydrogens (tertiary/aromatic N) is 1. The standard InChI is InChI=1S/C23H16F3NOS/c24-23(25,26)15-11-9-14(10-12-15)22-17-13-28-19-7-3-1-5-16(19)21(17)27-18-6-2-4-8-20(18)29-22/h1-12,17,22H,13H2/t17-,22-/m0/s1. The zero-order chi connectivity index (χ0) is 20.0. The molecule has 0 unspecified atom stereocenters. The van der Waals surface area contributed by atoms with Crippen LogP contribution >= 0.6 is 11.8 Å². The predicted octanol–water partition coefficient (Wildman–Crippen LogP) is 6.68. The van der Waals surface area contributed by atoms with Crippen LogP contribution in [0.5, 0.6) is 5.75 Å². The fourth-order valence-electron chi connectivity index (χ4n) is 3.80. The first-order chi connectivity index (χ1) is 14.0. The predicted molar refractivity (Wildman–Crippen MR) is 108 cm³/mol. The van der Waals surface area contributed by atoms with Crippen LogP contribution in [0, 0.1) is 5.92 Å². The van der Waals surface area contributed by atoms with E-state index in [1.165, 1.54) is 0 Å². The molecule has 2 atom stereocenters. The summed E-state index contributed by atoms with van der Waals surface area (Å²) in [5.41, 5.74) is 2.94. The number of thioether (sulfide) groups is 1. The number of para-hydroxylation sites is 2. The number of halogens is 3. The lowest BCUT2D eigenvalue weighted by Crippen LogP contribution is -2.31. The molecule has 0 aromatic heterocycles. The number of aliphatic imine (C=N–C) groups is 1. The Morgan fingerprint density at radius 1 is 0.897 bits per heavy atom. The topological polar surface area (TPSA) is 21.6 Å². The van der Waals surface area contributed by atoms with Crippen molar-refractivity contribution in [1.82, 2.24) is 0 Å². The van der Waals surface area contributed by atoms with E-state index in [4.69, 9.17) is 9.73 Å². The molecule has 2 heterocycles. The van der Waals surface area contributed by atoms with E-state index >= 15 is 0 Å². The maximum atomic E-state index is 13.0. The van der Waals surface area contributed by atoms with Crippen LogP contribution in [0.4, 0.5) is 18.9 Å². The summed E-state index contributed by atoms with van der Waals surface area (Å²) in [7, 11) is 0. The van der Waals surface area contributed by atoms with Crippen LogP contribution in [-0.2, 0) is 6.18 Å². The normalized spacial score (nSPS) is 20.4. The number of fused-ring (bicyclic) bond motifs is 4. The van der Waals surface area contributed by atoms with Crippen molar-refractivity contribution >= 4 is 23.2 Å². The van der Waals surface area contributed by atoms with Crippen molar-refractivity contribution in [2.45, 2.75) is 16.3 Å². The molecule has 0 bridgehead atoms. The SMILES string of the molecule is FC(F)(F)c1ccc([C@@H]2Sc3ccccc3N=C3c4ccccc4OC[C@@H]32)cc1. The lowest BCUT2D eigenvalue weighted by molar-refractivity contribution is -0.137. The summed E-state index contributed by atoms with van der Waals surface area (Å²) >= 11 is 1.63. The minimum atomic E-state index is -4.35. The van der Waals surface area contributed by atoms with E-state index in [1.54, 1.807) is 23.9 Å². The Morgan fingerprint density at radius 2 is 1.62 bits per heavy atom. The van der Waals surface area contributed by atoms with Crippen LogP contribution in [0.15, 0.2) is 82.7 Å². The second-order valence-corrected chi connectivity index (χ2v) is 8.22. The van der Waals surface area contributed by atoms with Gasteiger partial charge in [0.2, 0.25) is 0 Å². The average Bonchev–Trinajstić information content (AvgIpc) is 2.90. The lowest BCUT2D eigenvalue weighted by atomic mass is 9.88. The summed E-state index contributed by atoms with van der Waals surface area (Å²) in [4.78, 5) is 5.98. The van der Waals surface area contributed by atoms with Crippen LogP contribution in [0.25, 0.3) is 0 Å². The molecule has 0 fully saturated rings. The van der Waals surface area contributed by atoms with Crippen molar-refractivity contribution < 1.29 is 17.9 Å². The van der Waals surface area contributed by atoms with E-state index in [0.29, 0.717) is 6.61 Å². The highest BCUT2D eigenvalue weighted by atomic mass is 32.2. The molecule has 0 saturated heterocycles. The third-order valence-electron chi connectivity index (χ3n) is 5.22. The van der Waals surface area contributed by atoms with E-state index in [2.05, 4.69) is 0 Å². The van der Waals surface area contributed by atoms with Gasteiger partial charge in [-0.25, -0.2) is 0 Å². The van der Waals surface area contributed by atoms with E-state index in [-0.39, 0.29) is 11.2 Å². The molecular formula is C23H16F3NOS. The van der Waals surface area contributed by atoms with Crippen LogP contribution < -0.4 is 4.74 Å². The van der Waals surface area contributed by atoms with E-state index in [9.17, 15) is 13.2 Å². The number of benzene rings is 3. The number of rotatable bonds is 1. The zero-order valence-electron chi connectivity index (χ0n) is 15.2. The lowest BCUT2D eigenvalue weighted by Gasteiger charge is -2.31. The van der Waals surface area contributed by atoms with Crippen molar-refractivity contribution in [3.63, 3.8) is 0 Å². The van der Waals surface area contributed by atoms with Gasteiger partial charge < -0.3 is 4.74 Å². The minimum absolute atomic E-state index is 0.0703. The highest BCUT2D eigenvalue weighted by Gasteiger charge is 2.37. The summed E-state index contributed by atoms with van der Waals surface area (Å²) < 4.78 is 45.0. The van der Waals surface area contributed by atoms with Gasteiger partial charge in [-0.15, -0.1) is 11.8 Å². The van der Waals surface area contributed by atoms with Crippen molar-refractivity contribution in [3.05, 3.63) is 89.5 Å². The smallest absolute Gasteiger partial charge is 0.416 e. The molecule has 146 valence electrons. The fraction of sp³-hybridized carbons (Fsp3) is 0.174. The van der Waals surface area contributed by atoms with E-state index in [0.717, 1.165) is 45.3 Å². The van der Waals surface area contributed by atoms with E-state index < -0.39 is 11.7 Å². The average molecular weight is 411 g/mol. The maximum Gasteiger partial charge on any atom is 0.416 e. The van der Waals surface area contributed by atoms with Crippen LogP contribution in [0.1, 0.15) is 21.9 Å². The highest BCUT2D eigenvalue weighted by Crippen LogP contribution is 2.50. The summed E-state index contributed by atoms with van der Waals surface area (Å²) in [5.74, 6) is 0.720. The summed E-state index contributed by atoms with van der Waals surface area (Å²) in [6.45, 7) is 0.433. The van der Waals surface area contributed by atoms with Crippen LogP contribution in [0.3, 0.4) is 0 Å². The number of hydrogen-bond donors (Lipinski definition) is 0. The Hall–Kier alpha value is -2.73. The van der Waals surface area contributed by atoms with Gasteiger partial charge >= 0.3 is 6.18 Å². The molecule has 5 rings (SSSR count). The second-order valence-electron chi connectivity index (χ2n) is 7.04. The van der Waals surface area contributed by atoms with Gasteiger partial charge in [0.25, 0.3) is 0 Å². The zero-order valence-corrected chi connectivity index (χ0v) is 16.0. The number of hydrogen-bond acceptors (Lipinski definition) is 3. The third-order valence-corrected chi connectivity index (χ3v) is 6.68. The monoisotopic (exact) mass is 411 g/mol. The molecule has 0 amide bonds. The maximum absolute atomic E-state index is 13.0. The summed E-state index contributed by atoms with van der Waals surface area (Å²) in [6.07, 6.45) is -4.35. The van der Waals surface area contributed by atoms with Gasteiger partial charge in [-0.3, -0.25) is 4.99 Å². The van der Waals surface area contributed by atoms with Crippen LogP contribution in [-0.4, -0.2) is 12.3 Å². The Labute approximate surface area is 170 Å². The first-order valence-electron chi connectivity index (χ1n) is 9.24. The van der Waals surface area contributed by atoms with Gasteiger partial charge in [0.15, 0.2) is 0 Å². The molecule has 0 N–H and O–H groups in total. The van der Waals surface area contributed by atoms with Gasteiger partial charge in [0, 0.05) is 15.7 Å². The summed E-state index contributed by atoms with van der Waals surface area (Å²) in [6, 6.07) is 21.1. The largest absolute Gasteiger partial charge is 0.492 e. The van der Waals surface area contributed by atoms with E-state index in [1.807, 2.05) is 48.5 Å². The molecule has 29 heavy (non-hydrogen) atoms. The Bertz CT molecular complexity index is 1090. The van der Waals surface area contributed by atoms with Gasteiger partial charge in [-0.05, 0) is 42.0 Å². The molecule has 2 nitrogen and oxygen atoms in total.